The normalized spacial score (nSPS) is 16.2. The first kappa shape index (κ1) is 11.4. The van der Waals surface area contributed by atoms with Gasteiger partial charge in [0.25, 0.3) is 5.91 Å². The third kappa shape index (κ3) is 2.36. The molecule has 86 valence electrons. The number of rotatable bonds is 1. The Bertz CT molecular complexity index is 403. The van der Waals surface area contributed by atoms with Crippen molar-refractivity contribution < 1.29 is 9.53 Å². The summed E-state index contributed by atoms with van der Waals surface area (Å²) in [4.78, 5) is 13.9. The number of ether oxygens (including phenoxy) is 1. The Labute approximate surface area is 102 Å². The topological polar surface area (TPSA) is 55.6 Å². The molecule has 1 aliphatic heterocycles. The second-order valence-corrected chi connectivity index (χ2v) is 4.50. The Kier molecular flexibility index (Phi) is 3.46. The van der Waals surface area contributed by atoms with Crippen LogP contribution in [0.25, 0.3) is 0 Å². The molecule has 0 bridgehead atoms. The number of hydrogen-bond acceptors (Lipinski definition) is 3. The molecule has 0 unspecified atom stereocenters. The van der Waals surface area contributed by atoms with E-state index < -0.39 is 0 Å². The van der Waals surface area contributed by atoms with E-state index in [-0.39, 0.29) is 5.91 Å². The SMILES string of the molecule is Nc1ccc(Br)c(C(=O)N2CCOCC2)c1. The lowest BCUT2D eigenvalue weighted by molar-refractivity contribution is 0.0302. The van der Waals surface area contributed by atoms with Crippen molar-refractivity contribution in [3.63, 3.8) is 0 Å². The lowest BCUT2D eigenvalue weighted by atomic mass is 10.1. The van der Waals surface area contributed by atoms with Crippen LogP contribution < -0.4 is 5.73 Å². The highest BCUT2D eigenvalue weighted by Crippen LogP contribution is 2.21. The van der Waals surface area contributed by atoms with Gasteiger partial charge in [-0.25, -0.2) is 0 Å². The van der Waals surface area contributed by atoms with Gasteiger partial charge in [-0.2, -0.15) is 0 Å². The van der Waals surface area contributed by atoms with Crippen LogP contribution in [0.2, 0.25) is 0 Å². The summed E-state index contributed by atoms with van der Waals surface area (Å²) in [6.07, 6.45) is 0. The van der Waals surface area contributed by atoms with E-state index >= 15 is 0 Å². The molecule has 1 amide bonds. The Balaban J connectivity index is 2.22. The van der Waals surface area contributed by atoms with Crippen molar-refractivity contribution in [3.05, 3.63) is 28.2 Å². The van der Waals surface area contributed by atoms with E-state index in [1.54, 1.807) is 23.1 Å². The number of morpholine rings is 1. The first-order valence-corrected chi connectivity index (χ1v) is 5.90. The molecule has 1 fully saturated rings. The number of hydrogen-bond donors (Lipinski definition) is 1. The fraction of sp³-hybridized carbons (Fsp3) is 0.364. The molecular weight excluding hydrogens is 272 g/mol. The Morgan fingerprint density at radius 2 is 2.06 bits per heavy atom. The molecule has 1 saturated heterocycles. The molecule has 2 N–H and O–H groups in total. The van der Waals surface area contributed by atoms with Crippen molar-refractivity contribution in [2.24, 2.45) is 0 Å². The maximum Gasteiger partial charge on any atom is 0.255 e. The van der Waals surface area contributed by atoms with E-state index in [9.17, 15) is 4.79 Å². The van der Waals surface area contributed by atoms with E-state index in [2.05, 4.69) is 15.9 Å². The molecule has 0 aliphatic carbocycles. The number of nitrogen functional groups attached to an aromatic ring is 1. The fourth-order valence-corrected chi connectivity index (χ4v) is 2.06. The van der Waals surface area contributed by atoms with Gasteiger partial charge in [-0.3, -0.25) is 4.79 Å². The third-order valence-electron chi connectivity index (χ3n) is 2.52. The molecule has 1 heterocycles. The molecular formula is C11H13BrN2O2. The second-order valence-electron chi connectivity index (χ2n) is 3.64. The molecule has 0 spiro atoms. The number of halogens is 1. The van der Waals surface area contributed by atoms with Crippen molar-refractivity contribution in [1.29, 1.82) is 0 Å². The number of nitrogens with zero attached hydrogens (tertiary/aromatic N) is 1. The van der Waals surface area contributed by atoms with Gasteiger partial charge in [0, 0.05) is 23.2 Å². The number of benzene rings is 1. The molecule has 2 rings (SSSR count). The predicted octanol–water partition coefficient (Wildman–Crippen LogP) is 1.50. The molecule has 0 saturated carbocycles. The second kappa shape index (κ2) is 4.84. The van der Waals surface area contributed by atoms with Gasteiger partial charge in [0.05, 0.1) is 18.8 Å². The first-order chi connectivity index (χ1) is 7.68. The summed E-state index contributed by atoms with van der Waals surface area (Å²) in [5.74, 6) is 0.00229. The summed E-state index contributed by atoms with van der Waals surface area (Å²) in [6, 6.07) is 5.26. The maximum atomic E-state index is 12.2. The van der Waals surface area contributed by atoms with Crippen LogP contribution in [0.4, 0.5) is 5.69 Å². The molecule has 1 aliphatic rings. The van der Waals surface area contributed by atoms with Gasteiger partial charge in [-0.15, -0.1) is 0 Å². The van der Waals surface area contributed by atoms with Crippen LogP contribution >= 0.6 is 15.9 Å². The van der Waals surface area contributed by atoms with Crippen LogP contribution in [0.5, 0.6) is 0 Å². The molecule has 16 heavy (non-hydrogen) atoms. The monoisotopic (exact) mass is 284 g/mol. The fourth-order valence-electron chi connectivity index (χ4n) is 1.64. The van der Waals surface area contributed by atoms with Gasteiger partial charge < -0.3 is 15.4 Å². The van der Waals surface area contributed by atoms with E-state index in [1.165, 1.54) is 0 Å². The van der Waals surface area contributed by atoms with Crippen LogP contribution in [0.3, 0.4) is 0 Å². The molecule has 0 atom stereocenters. The van der Waals surface area contributed by atoms with Crippen LogP contribution in [-0.4, -0.2) is 37.1 Å². The summed E-state index contributed by atoms with van der Waals surface area (Å²) < 4.78 is 5.99. The summed E-state index contributed by atoms with van der Waals surface area (Å²) in [5.41, 5.74) is 6.89. The van der Waals surface area contributed by atoms with E-state index in [4.69, 9.17) is 10.5 Å². The number of carbonyl (C=O) groups is 1. The number of nitrogens with two attached hydrogens (primary N) is 1. The average molecular weight is 285 g/mol. The summed E-state index contributed by atoms with van der Waals surface area (Å²) in [6.45, 7) is 2.48. The van der Waals surface area contributed by atoms with Gasteiger partial charge >= 0.3 is 0 Å². The number of carbonyl (C=O) groups excluding carboxylic acids is 1. The Morgan fingerprint density at radius 1 is 1.38 bits per heavy atom. The summed E-state index contributed by atoms with van der Waals surface area (Å²) >= 11 is 3.36. The maximum absolute atomic E-state index is 12.2. The quantitative estimate of drug-likeness (QED) is 0.796. The smallest absolute Gasteiger partial charge is 0.255 e. The van der Waals surface area contributed by atoms with Crippen molar-refractivity contribution >= 4 is 27.5 Å². The van der Waals surface area contributed by atoms with Gasteiger partial charge in [0.2, 0.25) is 0 Å². The minimum atomic E-state index is 0.00229. The zero-order valence-corrected chi connectivity index (χ0v) is 10.4. The third-order valence-corrected chi connectivity index (χ3v) is 3.21. The van der Waals surface area contributed by atoms with Gasteiger partial charge in [-0.1, -0.05) is 0 Å². The van der Waals surface area contributed by atoms with Crippen molar-refractivity contribution in [2.75, 3.05) is 32.0 Å². The van der Waals surface area contributed by atoms with Gasteiger partial charge in [-0.05, 0) is 34.1 Å². The Morgan fingerprint density at radius 3 is 2.75 bits per heavy atom. The zero-order valence-electron chi connectivity index (χ0n) is 8.78. The molecule has 0 aromatic heterocycles. The van der Waals surface area contributed by atoms with Crippen molar-refractivity contribution in [1.82, 2.24) is 4.90 Å². The largest absolute Gasteiger partial charge is 0.399 e. The van der Waals surface area contributed by atoms with E-state index in [0.717, 1.165) is 4.47 Å². The number of anilines is 1. The standard InChI is InChI=1S/C11H13BrN2O2/c12-10-2-1-8(13)7-9(10)11(15)14-3-5-16-6-4-14/h1-2,7H,3-6,13H2. The molecule has 1 aromatic carbocycles. The predicted molar refractivity (Wildman–Crippen MR) is 65.3 cm³/mol. The van der Waals surface area contributed by atoms with Crippen molar-refractivity contribution in [2.45, 2.75) is 0 Å². The summed E-state index contributed by atoms with van der Waals surface area (Å²) in [7, 11) is 0. The molecule has 5 heteroatoms. The van der Waals surface area contributed by atoms with Crippen molar-refractivity contribution in [3.8, 4) is 0 Å². The lowest BCUT2D eigenvalue weighted by Gasteiger charge is -2.27. The van der Waals surface area contributed by atoms with Gasteiger partial charge in [0.15, 0.2) is 0 Å². The Hall–Kier alpha value is -1.07. The van der Waals surface area contributed by atoms with Gasteiger partial charge in [0.1, 0.15) is 0 Å². The molecule has 4 nitrogen and oxygen atoms in total. The minimum absolute atomic E-state index is 0.00229. The number of amides is 1. The van der Waals surface area contributed by atoms with Crippen LogP contribution in [0.15, 0.2) is 22.7 Å². The molecule has 1 aromatic rings. The van der Waals surface area contributed by atoms with E-state index in [1.807, 2.05) is 0 Å². The highest BCUT2D eigenvalue weighted by molar-refractivity contribution is 9.10. The van der Waals surface area contributed by atoms with Crippen LogP contribution in [0, 0.1) is 0 Å². The molecule has 0 radical (unpaired) electrons. The van der Waals surface area contributed by atoms with Crippen LogP contribution in [-0.2, 0) is 4.74 Å². The highest BCUT2D eigenvalue weighted by Gasteiger charge is 2.20. The highest BCUT2D eigenvalue weighted by atomic mass is 79.9. The minimum Gasteiger partial charge on any atom is -0.399 e. The average Bonchev–Trinajstić information content (AvgIpc) is 2.32. The van der Waals surface area contributed by atoms with E-state index in [0.29, 0.717) is 37.6 Å². The summed E-state index contributed by atoms with van der Waals surface area (Å²) in [5, 5.41) is 0. The first-order valence-electron chi connectivity index (χ1n) is 5.10. The zero-order chi connectivity index (χ0) is 11.5. The lowest BCUT2D eigenvalue weighted by Crippen LogP contribution is -2.40. The van der Waals surface area contributed by atoms with Crippen LogP contribution in [0.1, 0.15) is 10.4 Å².